The number of nitrogens with one attached hydrogen (secondary N) is 2. The number of hydrogen-bond acceptors (Lipinski definition) is 5. The molecule has 2 heterocycles. The molecule has 1 aliphatic rings. The molecule has 1 unspecified atom stereocenters. The fraction of sp³-hybridized carbons (Fsp3) is 0.522. The largest absolute Gasteiger partial charge is 0.466 e. The molecule has 7 heteroatoms. The summed E-state index contributed by atoms with van der Waals surface area (Å²) in [4.78, 5) is 4.65. The molecule has 3 rings (SSSR count). The smallest absolute Gasteiger partial charge is 0.191 e. The Balaban J connectivity index is 1.54. The van der Waals surface area contributed by atoms with Gasteiger partial charge in [0, 0.05) is 19.8 Å². The number of hydrogen-bond donors (Lipinski definition) is 3. The molecule has 0 bridgehead atoms. The maximum absolute atomic E-state index is 10.6. The summed E-state index contributed by atoms with van der Waals surface area (Å²) in [6.45, 7) is 7.44. The van der Waals surface area contributed by atoms with Crippen LogP contribution >= 0.6 is 0 Å². The molecule has 3 N–H and O–H groups in total. The number of guanidine groups is 1. The number of benzene rings is 1. The van der Waals surface area contributed by atoms with Crippen LogP contribution in [-0.2, 0) is 28.2 Å². The Bertz CT molecular complexity index is 784. The first-order valence-corrected chi connectivity index (χ1v) is 10.6. The molecular formula is C23H33N3O4. The average molecular weight is 416 g/mol. The first-order valence-electron chi connectivity index (χ1n) is 10.6. The minimum absolute atomic E-state index is 0.283. The lowest BCUT2D eigenvalue weighted by Gasteiger charge is -2.23. The second kappa shape index (κ2) is 11.2. The quantitative estimate of drug-likeness (QED) is 0.431. The standard InChI is InChI=1S/C23H33N3O4/c1-3-24-22(26-17-23(2,27)21-8-5-11-29-21)25-15-18-6-4-7-19(14-18)16-30-20-9-12-28-13-10-20/h4-8,11,14,20,27H,3,9-10,12-13,15-17H2,1-2H3,(H2,24,25,26). The van der Waals surface area contributed by atoms with E-state index < -0.39 is 5.60 Å². The van der Waals surface area contributed by atoms with Crippen molar-refractivity contribution in [2.75, 3.05) is 26.3 Å². The highest BCUT2D eigenvalue weighted by atomic mass is 16.5. The highest BCUT2D eigenvalue weighted by molar-refractivity contribution is 5.79. The van der Waals surface area contributed by atoms with E-state index in [1.807, 2.05) is 13.0 Å². The summed E-state index contributed by atoms with van der Waals surface area (Å²) in [7, 11) is 0. The first-order chi connectivity index (χ1) is 14.6. The molecule has 0 saturated carbocycles. The zero-order chi connectivity index (χ0) is 21.2. The van der Waals surface area contributed by atoms with Gasteiger partial charge in [-0.15, -0.1) is 0 Å². The van der Waals surface area contributed by atoms with Crippen molar-refractivity contribution in [2.24, 2.45) is 4.99 Å². The predicted octanol–water partition coefficient (Wildman–Crippen LogP) is 2.94. The number of rotatable bonds is 9. The monoisotopic (exact) mass is 415 g/mol. The van der Waals surface area contributed by atoms with Gasteiger partial charge in [-0.25, -0.2) is 4.99 Å². The topological polar surface area (TPSA) is 88.3 Å². The molecule has 1 atom stereocenters. The van der Waals surface area contributed by atoms with Crippen LogP contribution in [-0.4, -0.2) is 43.5 Å². The van der Waals surface area contributed by atoms with E-state index in [2.05, 4.69) is 33.8 Å². The van der Waals surface area contributed by atoms with Crippen LogP contribution < -0.4 is 10.6 Å². The summed E-state index contributed by atoms with van der Waals surface area (Å²) < 4.78 is 16.7. The number of aliphatic imine (C=N–C) groups is 1. The highest BCUT2D eigenvalue weighted by Gasteiger charge is 2.26. The van der Waals surface area contributed by atoms with Gasteiger partial charge in [-0.05, 0) is 49.9 Å². The molecule has 164 valence electrons. The molecule has 30 heavy (non-hydrogen) atoms. The molecule has 0 aliphatic carbocycles. The van der Waals surface area contributed by atoms with E-state index in [1.165, 1.54) is 0 Å². The van der Waals surface area contributed by atoms with Crippen LogP contribution in [0.2, 0.25) is 0 Å². The summed E-state index contributed by atoms with van der Waals surface area (Å²) in [6, 6.07) is 11.8. The second-order valence-corrected chi connectivity index (χ2v) is 7.74. The van der Waals surface area contributed by atoms with Crippen molar-refractivity contribution in [2.45, 2.75) is 51.5 Å². The first kappa shape index (κ1) is 22.3. The van der Waals surface area contributed by atoms with Crippen molar-refractivity contribution in [3.8, 4) is 0 Å². The number of aliphatic hydroxyl groups is 1. The maximum atomic E-state index is 10.6. The summed E-state index contributed by atoms with van der Waals surface area (Å²) in [6.07, 6.45) is 3.77. The van der Waals surface area contributed by atoms with Crippen LogP contribution in [0.3, 0.4) is 0 Å². The Kier molecular flexibility index (Phi) is 8.30. The van der Waals surface area contributed by atoms with Crippen molar-refractivity contribution in [1.29, 1.82) is 0 Å². The van der Waals surface area contributed by atoms with Gasteiger partial charge < -0.3 is 29.6 Å². The third kappa shape index (κ3) is 6.86. The normalized spacial score (nSPS) is 17.5. The van der Waals surface area contributed by atoms with Gasteiger partial charge >= 0.3 is 0 Å². The van der Waals surface area contributed by atoms with Crippen molar-refractivity contribution >= 4 is 5.96 Å². The second-order valence-electron chi connectivity index (χ2n) is 7.74. The van der Waals surface area contributed by atoms with E-state index in [0.29, 0.717) is 24.9 Å². The van der Waals surface area contributed by atoms with Gasteiger partial charge in [0.05, 0.1) is 32.1 Å². The Morgan fingerprint density at radius 3 is 2.73 bits per heavy atom. The highest BCUT2D eigenvalue weighted by Crippen LogP contribution is 2.19. The Morgan fingerprint density at radius 1 is 1.20 bits per heavy atom. The Morgan fingerprint density at radius 2 is 2.00 bits per heavy atom. The van der Waals surface area contributed by atoms with Crippen LogP contribution in [0.1, 0.15) is 43.6 Å². The van der Waals surface area contributed by atoms with E-state index in [9.17, 15) is 5.11 Å². The Labute approximate surface area is 178 Å². The lowest BCUT2D eigenvalue weighted by Crippen LogP contribution is -2.44. The van der Waals surface area contributed by atoms with E-state index in [4.69, 9.17) is 13.9 Å². The van der Waals surface area contributed by atoms with E-state index in [1.54, 1.807) is 25.3 Å². The van der Waals surface area contributed by atoms with E-state index >= 15 is 0 Å². The molecule has 0 radical (unpaired) electrons. The van der Waals surface area contributed by atoms with Gasteiger partial charge in [0.15, 0.2) is 5.96 Å². The van der Waals surface area contributed by atoms with Gasteiger partial charge in [0.1, 0.15) is 11.4 Å². The lowest BCUT2D eigenvalue weighted by atomic mass is 10.0. The molecule has 1 saturated heterocycles. The molecule has 0 spiro atoms. The maximum Gasteiger partial charge on any atom is 0.191 e. The molecule has 0 amide bonds. The molecule has 1 aromatic carbocycles. The molecule has 2 aromatic rings. The van der Waals surface area contributed by atoms with Crippen LogP contribution in [0.15, 0.2) is 52.1 Å². The zero-order valence-corrected chi connectivity index (χ0v) is 17.9. The summed E-state index contributed by atoms with van der Waals surface area (Å²) in [5.41, 5.74) is 1.13. The van der Waals surface area contributed by atoms with Crippen LogP contribution in [0.5, 0.6) is 0 Å². The summed E-state index contributed by atoms with van der Waals surface area (Å²) in [5.74, 6) is 1.16. The van der Waals surface area contributed by atoms with Gasteiger partial charge in [-0.2, -0.15) is 0 Å². The molecule has 1 aromatic heterocycles. The van der Waals surface area contributed by atoms with Crippen molar-refractivity contribution in [1.82, 2.24) is 10.6 Å². The van der Waals surface area contributed by atoms with Crippen molar-refractivity contribution in [3.63, 3.8) is 0 Å². The third-order valence-electron chi connectivity index (χ3n) is 5.06. The van der Waals surface area contributed by atoms with Gasteiger partial charge in [-0.1, -0.05) is 24.3 Å². The van der Waals surface area contributed by atoms with E-state index in [0.717, 1.165) is 43.7 Å². The molecular weight excluding hydrogens is 382 g/mol. The minimum Gasteiger partial charge on any atom is -0.466 e. The van der Waals surface area contributed by atoms with Crippen LogP contribution in [0, 0.1) is 0 Å². The number of furan rings is 1. The fourth-order valence-electron chi connectivity index (χ4n) is 3.31. The van der Waals surface area contributed by atoms with Crippen LogP contribution in [0.25, 0.3) is 0 Å². The molecule has 1 fully saturated rings. The minimum atomic E-state index is -1.12. The fourth-order valence-corrected chi connectivity index (χ4v) is 3.31. The van der Waals surface area contributed by atoms with Gasteiger partial charge in [0.25, 0.3) is 0 Å². The van der Waals surface area contributed by atoms with E-state index in [-0.39, 0.29) is 12.6 Å². The molecule has 7 nitrogen and oxygen atoms in total. The average Bonchev–Trinajstić information content (AvgIpc) is 3.31. The SMILES string of the molecule is CCNC(=NCc1cccc(COC2CCOCC2)c1)NCC(C)(O)c1ccco1. The third-order valence-corrected chi connectivity index (χ3v) is 5.06. The number of ether oxygens (including phenoxy) is 2. The molecule has 1 aliphatic heterocycles. The van der Waals surface area contributed by atoms with Gasteiger partial charge in [-0.3, -0.25) is 0 Å². The predicted molar refractivity (Wildman–Crippen MR) is 116 cm³/mol. The van der Waals surface area contributed by atoms with Gasteiger partial charge in [0.2, 0.25) is 0 Å². The zero-order valence-electron chi connectivity index (χ0n) is 17.9. The van der Waals surface area contributed by atoms with Crippen LogP contribution in [0.4, 0.5) is 0 Å². The van der Waals surface area contributed by atoms with Crippen molar-refractivity contribution < 1.29 is 19.0 Å². The number of nitrogens with zero attached hydrogens (tertiary/aromatic N) is 1. The summed E-state index contributed by atoms with van der Waals surface area (Å²) in [5, 5.41) is 17.0. The van der Waals surface area contributed by atoms with Crippen molar-refractivity contribution in [3.05, 3.63) is 59.5 Å². The Hall–Kier alpha value is -2.35. The summed E-state index contributed by atoms with van der Waals surface area (Å²) >= 11 is 0. The lowest BCUT2D eigenvalue weighted by molar-refractivity contribution is -0.0390.